The van der Waals surface area contributed by atoms with Crippen LogP contribution in [0.1, 0.15) is 50.5 Å². The maximum atomic E-state index is 5.76. The third kappa shape index (κ3) is 2.47. The van der Waals surface area contributed by atoms with Gasteiger partial charge in [-0.15, -0.1) is 0 Å². The Balaban J connectivity index is 2.07. The minimum absolute atomic E-state index is 0.729. The van der Waals surface area contributed by atoms with Crippen LogP contribution in [-0.2, 0) is 0 Å². The first-order valence-corrected chi connectivity index (χ1v) is 7.54. The monoisotopic (exact) mass is 254 g/mol. The summed E-state index contributed by atoms with van der Waals surface area (Å²) in [5.74, 6) is 1.77. The van der Waals surface area contributed by atoms with Gasteiger partial charge >= 0.3 is 0 Å². The van der Waals surface area contributed by atoms with E-state index in [-0.39, 0.29) is 0 Å². The van der Waals surface area contributed by atoms with E-state index in [2.05, 4.69) is 36.4 Å². The number of benzene rings is 2. The Morgan fingerprint density at radius 2 is 1.68 bits per heavy atom. The molecule has 3 rings (SSSR count). The van der Waals surface area contributed by atoms with Crippen LogP contribution in [0.25, 0.3) is 10.8 Å². The highest BCUT2D eigenvalue weighted by Crippen LogP contribution is 2.38. The summed E-state index contributed by atoms with van der Waals surface area (Å²) in [4.78, 5) is 0. The Morgan fingerprint density at radius 3 is 2.42 bits per heavy atom. The summed E-state index contributed by atoms with van der Waals surface area (Å²) in [6, 6.07) is 13.1. The molecule has 0 amide bonds. The first-order valence-electron chi connectivity index (χ1n) is 7.54. The molecule has 19 heavy (non-hydrogen) atoms. The molecule has 1 heteroatoms. The van der Waals surface area contributed by atoms with Crippen LogP contribution in [0.4, 0.5) is 0 Å². The summed E-state index contributed by atoms with van der Waals surface area (Å²) in [6.07, 6.45) is 6.86. The average Bonchev–Trinajstić information content (AvgIpc) is 2.49. The Labute approximate surface area is 115 Å². The summed E-state index contributed by atoms with van der Waals surface area (Å²) < 4.78 is 5.76. The van der Waals surface area contributed by atoms with Gasteiger partial charge in [0.2, 0.25) is 0 Å². The first-order chi connectivity index (χ1) is 9.40. The fraction of sp³-hybridized carbons (Fsp3) is 0.444. The summed E-state index contributed by atoms with van der Waals surface area (Å²) in [6.45, 7) is 2.77. The van der Waals surface area contributed by atoms with Gasteiger partial charge in [-0.05, 0) is 42.7 Å². The highest BCUT2D eigenvalue weighted by Gasteiger charge is 2.18. The van der Waals surface area contributed by atoms with Gasteiger partial charge in [-0.2, -0.15) is 0 Å². The maximum Gasteiger partial charge on any atom is 0.127 e. The summed E-state index contributed by atoms with van der Waals surface area (Å²) in [7, 11) is 0. The second kappa shape index (κ2) is 5.64. The molecule has 2 aromatic rings. The van der Waals surface area contributed by atoms with Crippen LogP contribution in [-0.4, -0.2) is 6.61 Å². The molecule has 0 unspecified atom stereocenters. The lowest BCUT2D eigenvalue weighted by Crippen LogP contribution is -2.05. The average molecular weight is 254 g/mol. The van der Waals surface area contributed by atoms with Crippen molar-refractivity contribution in [2.45, 2.75) is 44.9 Å². The van der Waals surface area contributed by atoms with E-state index in [1.807, 2.05) is 6.92 Å². The van der Waals surface area contributed by atoms with Gasteiger partial charge in [0, 0.05) is 5.39 Å². The number of rotatable bonds is 3. The number of hydrogen-bond donors (Lipinski definition) is 0. The molecule has 0 bridgehead atoms. The highest BCUT2D eigenvalue weighted by molar-refractivity contribution is 5.91. The van der Waals surface area contributed by atoms with Crippen molar-refractivity contribution in [2.75, 3.05) is 6.61 Å². The number of ether oxygens (including phenoxy) is 1. The van der Waals surface area contributed by atoms with Crippen molar-refractivity contribution < 1.29 is 4.74 Å². The Bertz CT molecular complexity index is 553. The van der Waals surface area contributed by atoms with Crippen LogP contribution in [0.3, 0.4) is 0 Å². The molecule has 1 nitrogen and oxygen atoms in total. The van der Waals surface area contributed by atoms with Gasteiger partial charge in [0.1, 0.15) is 5.75 Å². The van der Waals surface area contributed by atoms with Crippen LogP contribution in [0, 0.1) is 0 Å². The van der Waals surface area contributed by atoms with Crippen molar-refractivity contribution in [1.82, 2.24) is 0 Å². The largest absolute Gasteiger partial charge is 0.493 e. The van der Waals surface area contributed by atoms with E-state index >= 15 is 0 Å². The molecule has 0 radical (unpaired) electrons. The second-order valence-electron chi connectivity index (χ2n) is 5.47. The normalized spacial score (nSPS) is 16.7. The molecule has 0 heterocycles. The fourth-order valence-electron chi connectivity index (χ4n) is 3.35. The van der Waals surface area contributed by atoms with E-state index in [4.69, 9.17) is 4.74 Å². The molecule has 0 atom stereocenters. The molecule has 0 saturated heterocycles. The predicted molar refractivity (Wildman–Crippen MR) is 80.9 cm³/mol. The molecule has 0 aliphatic heterocycles. The quantitative estimate of drug-likeness (QED) is 0.723. The molecule has 1 aliphatic rings. The van der Waals surface area contributed by atoms with Gasteiger partial charge in [-0.3, -0.25) is 0 Å². The van der Waals surface area contributed by atoms with Crippen LogP contribution in [0.15, 0.2) is 36.4 Å². The van der Waals surface area contributed by atoms with Crippen molar-refractivity contribution in [2.24, 2.45) is 0 Å². The standard InChI is InChI=1S/C18H22O/c1-2-19-18-13-12-15(14-8-4-3-5-9-14)16-10-6-7-11-17(16)18/h6-7,10-14H,2-5,8-9H2,1H3. The van der Waals surface area contributed by atoms with E-state index in [9.17, 15) is 0 Å². The summed E-state index contributed by atoms with van der Waals surface area (Å²) >= 11 is 0. The zero-order valence-corrected chi connectivity index (χ0v) is 11.7. The first kappa shape index (κ1) is 12.5. The van der Waals surface area contributed by atoms with Crippen molar-refractivity contribution in [3.8, 4) is 5.75 Å². The topological polar surface area (TPSA) is 9.23 Å². The predicted octanol–water partition coefficient (Wildman–Crippen LogP) is 5.29. The van der Waals surface area contributed by atoms with E-state index in [1.54, 1.807) is 0 Å². The maximum absolute atomic E-state index is 5.76. The van der Waals surface area contributed by atoms with Crippen molar-refractivity contribution in [3.05, 3.63) is 42.0 Å². The third-order valence-corrected chi connectivity index (χ3v) is 4.26. The van der Waals surface area contributed by atoms with E-state index < -0.39 is 0 Å². The van der Waals surface area contributed by atoms with E-state index in [0.717, 1.165) is 18.3 Å². The lowest BCUT2D eigenvalue weighted by atomic mass is 9.82. The van der Waals surface area contributed by atoms with Gasteiger partial charge in [-0.1, -0.05) is 49.6 Å². The zero-order valence-electron chi connectivity index (χ0n) is 11.7. The Morgan fingerprint density at radius 1 is 0.947 bits per heavy atom. The van der Waals surface area contributed by atoms with Crippen molar-refractivity contribution >= 4 is 10.8 Å². The third-order valence-electron chi connectivity index (χ3n) is 4.26. The van der Waals surface area contributed by atoms with Crippen LogP contribution in [0.5, 0.6) is 5.75 Å². The SMILES string of the molecule is CCOc1ccc(C2CCCCC2)c2ccccc12. The minimum Gasteiger partial charge on any atom is -0.493 e. The molecule has 0 N–H and O–H groups in total. The van der Waals surface area contributed by atoms with Gasteiger partial charge < -0.3 is 4.74 Å². The molecule has 1 fully saturated rings. The lowest BCUT2D eigenvalue weighted by molar-refractivity contribution is 0.344. The summed E-state index contributed by atoms with van der Waals surface area (Å²) in [5.41, 5.74) is 1.53. The molecule has 100 valence electrons. The molecular weight excluding hydrogens is 232 g/mol. The zero-order chi connectivity index (χ0) is 13.1. The Kier molecular flexibility index (Phi) is 3.72. The number of hydrogen-bond acceptors (Lipinski definition) is 1. The van der Waals surface area contributed by atoms with E-state index in [1.165, 1.54) is 48.4 Å². The molecule has 1 aliphatic carbocycles. The number of fused-ring (bicyclic) bond motifs is 1. The van der Waals surface area contributed by atoms with Crippen molar-refractivity contribution in [1.29, 1.82) is 0 Å². The van der Waals surface area contributed by atoms with Crippen molar-refractivity contribution in [3.63, 3.8) is 0 Å². The molecule has 0 aromatic heterocycles. The molecule has 2 aromatic carbocycles. The van der Waals surface area contributed by atoms with Gasteiger partial charge in [0.25, 0.3) is 0 Å². The van der Waals surface area contributed by atoms with Crippen LogP contribution >= 0.6 is 0 Å². The smallest absolute Gasteiger partial charge is 0.127 e. The van der Waals surface area contributed by atoms with Gasteiger partial charge in [-0.25, -0.2) is 0 Å². The highest BCUT2D eigenvalue weighted by atomic mass is 16.5. The second-order valence-corrected chi connectivity index (χ2v) is 5.47. The molecule has 1 saturated carbocycles. The molecular formula is C18H22O. The minimum atomic E-state index is 0.729. The Hall–Kier alpha value is -1.50. The van der Waals surface area contributed by atoms with Crippen LogP contribution in [0.2, 0.25) is 0 Å². The van der Waals surface area contributed by atoms with Gasteiger partial charge in [0.05, 0.1) is 6.61 Å². The van der Waals surface area contributed by atoms with E-state index in [0.29, 0.717) is 0 Å². The van der Waals surface area contributed by atoms with Crippen LogP contribution < -0.4 is 4.74 Å². The molecule has 0 spiro atoms. The van der Waals surface area contributed by atoms with Gasteiger partial charge in [0.15, 0.2) is 0 Å². The summed E-state index contributed by atoms with van der Waals surface area (Å²) in [5, 5.41) is 2.66. The fourth-order valence-corrected chi connectivity index (χ4v) is 3.35. The lowest BCUT2D eigenvalue weighted by Gasteiger charge is -2.24.